The molecule has 1 atom stereocenters. The normalized spacial score (nSPS) is 12.5. The van der Waals surface area contributed by atoms with Crippen molar-refractivity contribution >= 4 is 15.9 Å². The summed E-state index contributed by atoms with van der Waals surface area (Å²) < 4.78 is 38.0. The Balaban J connectivity index is 2.25. The second kappa shape index (κ2) is 7.79. The van der Waals surface area contributed by atoms with Gasteiger partial charge in [0.05, 0.1) is 20.3 Å². The molecule has 0 aliphatic rings. The number of rotatable bonds is 7. The summed E-state index contributed by atoms with van der Waals surface area (Å²) in [6.07, 6.45) is 1.39. The van der Waals surface area contributed by atoms with E-state index in [0.717, 1.165) is 5.56 Å². The molecule has 0 aliphatic carbocycles. The molecule has 2 rings (SSSR count). The molecule has 0 spiro atoms. The molecule has 1 unspecified atom stereocenters. The largest absolute Gasteiger partial charge is 0.497 e. The van der Waals surface area contributed by atoms with Gasteiger partial charge in [-0.1, -0.05) is 0 Å². The van der Waals surface area contributed by atoms with Gasteiger partial charge >= 0.3 is 0 Å². The number of aryl methyl sites for hydroxylation is 1. The molecule has 1 amide bonds. The Morgan fingerprint density at radius 1 is 1.19 bits per heavy atom. The number of nitrogens with zero attached hydrogens (tertiary/aromatic N) is 1. The van der Waals surface area contributed by atoms with E-state index in [1.54, 1.807) is 33.4 Å². The van der Waals surface area contributed by atoms with E-state index in [2.05, 4.69) is 10.0 Å². The highest BCUT2D eigenvalue weighted by Crippen LogP contribution is 2.29. The molecule has 0 saturated heterocycles. The van der Waals surface area contributed by atoms with Gasteiger partial charge in [0, 0.05) is 24.9 Å². The number of aromatic nitrogens is 1. The highest BCUT2D eigenvalue weighted by Gasteiger charge is 2.21. The van der Waals surface area contributed by atoms with Crippen molar-refractivity contribution in [2.24, 2.45) is 7.05 Å². The summed E-state index contributed by atoms with van der Waals surface area (Å²) in [5.41, 5.74) is 1.01. The van der Waals surface area contributed by atoms with E-state index in [1.165, 1.54) is 23.9 Å². The van der Waals surface area contributed by atoms with Gasteiger partial charge in [0.25, 0.3) is 5.91 Å². The standard InChI is InChI=1S/C17H23N3O5S/c1-11(14-7-6-12(24-4)8-16(14)25-5)19-17(21)15-9-13(10-20(15)3)26(22,23)18-2/h6-11,18H,1-5H3,(H,19,21). The zero-order valence-electron chi connectivity index (χ0n) is 15.4. The summed E-state index contributed by atoms with van der Waals surface area (Å²) in [4.78, 5) is 12.6. The van der Waals surface area contributed by atoms with Gasteiger partial charge in [-0.05, 0) is 32.2 Å². The molecule has 2 aromatic rings. The first-order valence-corrected chi connectivity index (χ1v) is 9.34. The first-order chi connectivity index (χ1) is 12.2. The van der Waals surface area contributed by atoms with Crippen LogP contribution >= 0.6 is 0 Å². The van der Waals surface area contributed by atoms with Crippen molar-refractivity contribution in [1.29, 1.82) is 0 Å². The summed E-state index contributed by atoms with van der Waals surface area (Å²) >= 11 is 0. The van der Waals surface area contributed by atoms with Crippen LogP contribution in [0.4, 0.5) is 0 Å². The first-order valence-electron chi connectivity index (χ1n) is 7.86. The molecule has 26 heavy (non-hydrogen) atoms. The highest BCUT2D eigenvalue weighted by atomic mass is 32.2. The maximum absolute atomic E-state index is 12.6. The van der Waals surface area contributed by atoms with Crippen molar-refractivity contribution in [1.82, 2.24) is 14.6 Å². The molecular formula is C17H23N3O5S. The van der Waals surface area contributed by atoms with Crippen LogP contribution in [0.1, 0.15) is 29.0 Å². The molecule has 1 heterocycles. The Hall–Kier alpha value is -2.52. The van der Waals surface area contributed by atoms with Gasteiger partial charge in [0.1, 0.15) is 22.1 Å². The van der Waals surface area contributed by atoms with E-state index >= 15 is 0 Å². The Labute approximate surface area is 153 Å². The molecular weight excluding hydrogens is 358 g/mol. The minimum atomic E-state index is -3.62. The third-order valence-corrected chi connectivity index (χ3v) is 5.43. The zero-order valence-corrected chi connectivity index (χ0v) is 16.2. The van der Waals surface area contributed by atoms with Crippen LogP contribution in [0.25, 0.3) is 0 Å². The topological polar surface area (TPSA) is 98.7 Å². The van der Waals surface area contributed by atoms with Crippen LogP contribution in [0.3, 0.4) is 0 Å². The van der Waals surface area contributed by atoms with Crippen molar-refractivity contribution in [3.8, 4) is 11.5 Å². The minimum absolute atomic E-state index is 0.0299. The lowest BCUT2D eigenvalue weighted by molar-refractivity contribution is 0.0931. The van der Waals surface area contributed by atoms with Crippen molar-refractivity contribution in [2.75, 3.05) is 21.3 Å². The number of hydrogen-bond acceptors (Lipinski definition) is 5. The Bertz CT molecular complexity index is 905. The third kappa shape index (κ3) is 4.00. The summed E-state index contributed by atoms with van der Waals surface area (Å²) in [5, 5.41) is 2.85. The van der Waals surface area contributed by atoms with Gasteiger partial charge in [0.15, 0.2) is 0 Å². The van der Waals surface area contributed by atoms with Crippen LogP contribution in [-0.2, 0) is 17.1 Å². The lowest BCUT2D eigenvalue weighted by atomic mass is 10.1. The SMILES string of the molecule is CNS(=O)(=O)c1cc(C(=O)NC(C)c2ccc(OC)cc2OC)n(C)c1. The second-order valence-corrected chi connectivity index (χ2v) is 7.57. The van der Waals surface area contributed by atoms with Gasteiger partial charge in [-0.3, -0.25) is 4.79 Å². The monoisotopic (exact) mass is 381 g/mol. The maximum atomic E-state index is 12.6. The number of amides is 1. The highest BCUT2D eigenvalue weighted by molar-refractivity contribution is 7.89. The number of carbonyl (C=O) groups excluding carboxylic acids is 1. The predicted molar refractivity (Wildman–Crippen MR) is 97.1 cm³/mol. The van der Waals surface area contributed by atoms with Crippen LogP contribution < -0.4 is 19.5 Å². The first kappa shape index (κ1) is 19.8. The average molecular weight is 381 g/mol. The van der Waals surface area contributed by atoms with E-state index in [-0.39, 0.29) is 16.6 Å². The van der Waals surface area contributed by atoms with Crippen LogP contribution in [0.5, 0.6) is 11.5 Å². The van der Waals surface area contributed by atoms with Gasteiger partial charge in [0.2, 0.25) is 10.0 Å². The molecule has 0 aliphatic heterocycles. The summed E-state index contributed by atoms with van der Waals surface area (Å²) in [5.74, 6) is 0.839. The average Bonchev–Trinajstić information content (AvgIpc) is 3.03. The van der Waals surface area contributed by atoms with Crippen LogP contribution in [-0.4, -0.2) is 40.2 Å². The predicted octanol–water partition coefficient (Wildman–Crippen LogP) is 1.44. The Morgan fingerprint density at radius 3 is 2.46 bits per heavy atom. The number of hydrogen-bond donors (Lipinski definition) is 2. The fourth-order valence-corrected chi connectivity index (χ4v) is 3.35. The van der Waals surface area contributed by atoms with E-state index in [0.29, 0.717) is 11.5 Å². The fraction of sp³-hybridized carbons (Fsp3) is 0.353. The number of nitrogens with one attached hydrogen (secondary N) is 2. The number of sulfonamides is 1. The van der Waals surface area contributed by atoms with Crippen molar-refractivity contribution < 1.29 is 22.7 Å². The van der Waals surface area contributed by atoms with E-state index in [1.807, 2.05) is 13.0 Å². The lowest BCUT2D eigenvalue weighted by Crippen LogP contribution is -2.28. The smallest absolute Gasteiger partial charge is 0.268 e. The summed E-state index contributed by atoms with van der Waals surface area (Å²) in [6.45, 7) is 1.82. The number of benzene rings is 1. The zero-order chi connectivity index (χ0) is 19.5. The number of methoxy groups -OCH3 is 2. The molecule has 1 aromatic heterocycles. The molecule has 1 aromatic carbocycles. The van der Waals surface area contributed by atoms with E-state index in [4.69, 9.17) is 9.47 Å². The quantitative estimate of drug-likeness (QED) is 0.756. The van der Waals surface area contributed by atoms with Gasteiger partial charge in [-0.15, -0.1) is 0 Å². The molecule has 8 nitrogen and oxygen atoms in total. The Kier molecular flexibility index (Phi) is 5.94. The molecule has 0 radical (unpaired) electrons. The number of ether oxygens (including phenoxy) is 2. The summed E-state index contributed by atoms with van der Waals surface area (Å²) in [6, 6.07) is 6.30. The third-order valence-electron chi connectivity index (χ3n) is 4.05. The van der Waals surface area contributed by atoms with Crippen LogP contribution in [0.15, 0.2) is 35.4 Å². The molecule has 2 N–H and O–H groups in total. The number of carbonyl (C=O) groups is 1. The van der Waals surface area contributed by atoms with Crippen LogP contribution in [0.2, 0.25) is 0 Å². The molecule has 0 saturated carbocycles. The molecule has 9 heteroatoms. The summed E-state index contributed by atoms with van der Waals surface area (Å²) in [7, 11) is 2.42. The van der Waals surface area contributed by atoms with Crippen molar-refractivity contribution in [3.05, 3.63) is 41.7 Å². The van der Waals surface area contributed by atoms with Crippen molar-refractivity contribution in [3.63, 3.8) is 0 Å². The minimum Gasteiger partial charge on any atom is -0.497 e. The Morgan fingerprint density at radius 2 is 1.88 bits per heavy atom. The molecule has 142 valence electrons. The van der Waals surface area contributed by atoms with Crippen molar-refractivity contribution in [2.45, 2.75) is 17.9 Å². The second-order valence-electron chi connectivity index (χ2n) is 5.68. The van der Waals surface area contributed by atoms with Gasteiger partial charge < -0.3 is 19.4 Å². The van der Waals surface area contributed by atoms with E-state index < -0.39 is 15.9 Å². The fourth-order valence-electron chi connectivity index (χ4n) is 2.55. The molecule has 0 bridgehead atoms. The van der Waals surface area contributed by atoms with Gasteiger partial charge in [-0.2, -0.15) is 0 Å². The molecule has 0 fully saturated rings. The van der Waals surface area contributed by atoms with E-state index in [9.17, 15) is 13.2 Å². The van der Waals surface area contributed by atoms with Gasteiger partial charge in [-0.25, -0.2) is 13.1 Å². The maximum Gasteiger partial charge on any atom is 0.268 e. The lowest BCUT2D eigenvalue weighted by Gasteiger charge is -2.18. The van der Waals surface area contributed by atoms with Crippen LogP contribution in [0, 0.1) is 0 Å².